The second kappa shape index (κ2) is 5.07. The highest BCUT2D eigenvalue weighted by Gasteiger charge is 2.18. The Bertz CT molecular complexity index is 635. The summed E-state index contributed by atoms with van der Waals surface area (Å²) in [5.74, 6) is -0.279. The number of carbonyl (C=O) groups is 1. The number of thiazole rings is 1. The Morgan fingerprint density at radius 1 is 1.37 bits per heavy atom. The quantitative estimate of drug-likeness (QED) is 0.862. The molecule has 1 aliphatic carbocycles. The minimum atomic E-state index is -0.279. The molecule has 0 atom stereocenters. The molecule has 0 aliphatic heterocycles. The lowest BCUT2D eigenvalue weighted by Crippen LogP contribution is -2.12. The monoisotopic (exact) mass is 313 g/mol. The van der Waals surface area contributed by atoms with Crippen molar-refractivity contribution in [3.05, 3.63) is 38.6 Å². The number of aryl methyl sites for hydroxylation is 2. The zero-order valence-corrected chi connectivity index (χ0v) is 12.1. The van der Waals surface area contributed by atoms with Crippen LogP contribution in [0.15, 0.2) is 12.3 Å². The summed E-state index contributed by atoms with van der Waals surface area (Å²) in [5.41, 5.74) is 1.47. The Balaban J connectivity index is 1.78. The third-order valence-corrected chi connectivity index (χ3v) is 4.63. The molecule has 2 heterocycles. The van der Waals surface area contributed by atoms with Crippen molar-refractivity contribution in [1.82, 2.24) is 9.97 Å². The highest BCUT2D eigenvalue weighted by atomic mass is 35.5. The van der Waals surface area contributed by atoms with Crippen molar-refractivity contribution in [2.75, 3.05) is 5.32 Å². The highest BCUT2D eigenvalue weighted by molar-refractivity contribution is 7.16. The van der Waals surface area contributed by atoms with Gasteiger partial charge in [-0.2, -0.15) is 0 Å². The topological polar surface area (TPSA) is 54.9 Å². The molecule has 0 fully saturated rings. The van der Waals surface area contributed by atoms with E-state index in [1.54, 1.807) is 0 Å². The van der Waals surface area contributed by atoms with E-state index >= 15 is 0 Å². The van der Waals surface area contributed by atoms with Crippen LogP contribution in [0, 0.1) is 0 Å². The van der Waals surface area contributed by atoms with E-state index in [4.69, 9.17) is 23.2 Å². The maximum absolute atomic E-state index is 12.0. The summed E-state index contributed by atoms with van der Waals surface area (Å²) in [7, 11) is 0. The van der Waals surface area contributed by atoms with E-state index in [1.165, 1.54) is 28.5 Å². The van der Waals surface area contributed by atoms with Crippen LogP contribution in [0.25, 0.3) is 0 Å². The van der Waals surface area contributed by atoms with Crippen LogP contribution < -0.4 is 5.32 Å². The largest absolute Gasteiger partial charge is 0.298 e. The van der Waals surface area contributed by atoms with E-state index in [9.17, 15) is 4.79 Å². The van der Waals surface area contributed by atoms with E-state index in [0.29, 0.717) is 10.7 Å². The molecule has 0 saturated heterocycles. The lowest BCUT2D eigenvalue weighted by molar-refractivity contribution is 0.102. The summed E-state index contributed by atoms with van der Waals surface area (Å²) < 4.78 is 0. The molecule has 1 amide bonds. The molecular formula is C12H9Cl2N3OS. The van der Waals surface area contributed by atoms with Crippen molar-refractivity contribution in [3.63, 3.8) is 0 Å². The molecule has 1 aliphatic rings. The standard InChI is InChI=1S/C12H9Cl2N3OS/c13-7-4-6(5-15-10(7)14)11(18)17-12-16-8-2-1-3-9(8)19-12/h4-5H,1-3H2,(H,16,17,18). The number of fused-ring (bicyclic) bond motifs is 1. The maximum atomic E-state index is 12.0. The lowest BCUT2D eigenvalue weighted by Gasteiger charge is -2.02. The van der Waals surface area contributed by atoms with E-state index in [1.807, 2.05) is 0 Å². The Kier molecular flexibility index (Phi) is 3.43. The van der Waals surface area contributed by atoms with Gasteiger partial charge in [0.2, 0.25) is 0 Å². The van der Waals surface area contributed by atoms with Crippen LogP contribution in [0.4, 0.5) is 5.13 Å². The summed E-state index contributed by atoms with van der Waals surface area (Å²) in [4.78, 5) is 21.5. The van der Waals surface area contributed by atoms with Gasteiger partial charge in [-0.1, -0.05) is 23.2 Å². The van der Waals surface area contributed by atoms with E-state index in [2.05, 4.69) is 15.3 Å². The van der Waals surface area contributed by atoms with Crippen LogP contribution in [0.5, 0.6) is 0 Å². The van der Waals surface area contributed by atoms with Crippen LogP contribution in [0.3, 0.4) is 0 Å². The number of pyridine rings is 1. The predicted molar refractivity (Wildman–Crippen MR) is 76.3 cm³/mol. The van der Waals surface area contributed by atoms with Gasteiger partial charge in [0.25, 0.3) is 5.91 Å². The van der Waals surface area contributed by atoms with Gasteiger partial charge in [0.05, 0.1) is 16.3 Å². The number of nitrogens with one attached hydrogen (secondary N) is 1. The number of hydrogen-bond acceptors (Lipinski definition) is 4. The minimum Gasteiger partial charge on any atom is -0.298 e. The van der Waals surface area contributed by atoms with Crippen LogP contribution in [0.2, 0.25) is 10.2 Å². The average Bonchev–Trinajstić information content (AvgIpc) is 2.93. The fourth-order valence-corrected chi connectivity index (χ4v) is 3.27. The Morgan fingerprint density at radius 3 is 2.95 bits per heavy atom. The first-order valence-corrected chi connectivity index (χ1v) is 7.31. The third kappa shape index (κ3) is 2.59. The van der Waals surface area contributed by atoms with Gasteiger partial charge in [0.15, 0.2) is 5.13 Å². The summed E-state index contributed by atoms with van der Waals surface area (Å²) in [6.07, 6.45) is 4.59. The van der Waals surface area contributed by atoms with Crippen molar-refractivity contribution in [2.24, 2.45) is 0 Å². The molecule has 0 saturated carbocycles. The van der Waals surface area contributed by atoms with Gasteiger partial charge in [-0.3, -0.25) is 10.1 Å². The van der Waals surface area contributed by atoms with Gasteiger partial charge in [-0.05, 0) is 25.3 Å². The van der Waals surface area contributed by atoms with Crippen LogP contribution in [-0.2, 0) is 12.8 Å². The summed E-state index contributed by atoms with van der Waals surface area (Å²) in [6, 6.07) is 1.49. The predicted octanol–water partition coefficient (Wildman–Crippen LogP) is 3.59. The van der Waals surface area contributed by atoms with Gasteiger partial charge in [0, 0.05) is 11.1 Å². The van der Waals surface area contributed by atoms with Gasteiger partial charge in [-0.15, -0.1) is 11.3 Å². The van der Waals surface area contributed by atoms with Gasteiger partial charge in [-0.25, -0.2) is 9.97 Å². The van der Waals surface area contributed by atoms with Gasteiger partial charge >= 0.3 is 0 Å². The zero-order chi connectivity index (χ0) is 13.4. The number of aromatic nitrogens is 2. The number of carbonyl (C=O) groups excluding carboxylic acids is 1. The number of nitrogens with zero attached hydrogens (tertiary/aromatic N) is 2. The Morgan fingerprint density at radius 2 is 2.21 bits per heavy atom. The number of anilines is 1. The Hall–Kier alpha value is -1.17. The molecule has 3 rings (SSSR count). The van der Waals surface area contributed by atoms with Crippen LogP contribution in [-0.4, -0.2) is 15.9 Å². The lowest BCUT2D eigenvalue weighted by atomic mass is 10.3. The summed E-state index contributed by atoms with van der Waals surface area (Å²) >= 11 is 13.1. The first-order valence-electron chi connectivity index (χ1n) is 5.74. The zero-order valence-electron chi connectivity index (χ0n) is 9.74. The third-order valence-electron chi connectivity index (χ3n) is 2.87. The molecular weight excluding hydrogens is 305 g/mol. The van der Waals surface area contributed by atoms with Crippen molar-refractivity contribution < 1.29 is 4.79 Å². The number of halogens is 2. The Labute approximate surface area is 123 Å². The molecule has 2 aromatic heterocycles. The first-order chi connectivity index (χ1) is 9.13. The molecule has 19 heavy (non-hydrogen) atoms. The maximum Gasteiger partial charge on any atom is 0.259 e. The van der Waals surface area contributed by atoms with Crippen molar-refractivity contribution in [1.29, 1.82) is 0 Å². The fraction of sp³-hybridized carbons (Fsp3) is 0.250. The normalized spacial score (nSPS) is 13.4. The van der Waals surface area contributed by atoms with Gasteiger partial charge < -0.3 is 0 Å². The molecule has 98 valence electrons. The molecule has 0 radical (unpaired) electrons. The SMILES string of the molecule is O=C(Nc1nc2c(s1)CCC2)c1cnc(Cl)c(Cl)c1. The summed E-state index contributed by atoms with van der Waals surface area (Å²) in [6.45, 7) is 0. The number of hydrogen-bond donors (Lipinski definition) is 1. The van der Waals surface area contributed by atoms with E-state index in [-0.39, 0.29) is 16.1 Å². The van der Waals surface area contributed by atoms with Crippen LogP contribution >= 0.6 is 34.5 Å². The smallest absolute Gasteiger partial charge is 0.259 e. The molecule has 1 N–H and O–H groups in total. The molecule has 0 unspecified atom stereocenters. The van der Waals surface area contributed by atoms with E-state index in [0.717, 1.165) is 25.0 Å². The van der Waals surface area contributed by atoms with Crippen molar-refractivity contribution >= 4 is 45.6 Å². The number of amides is 1. The molecule has 0 spiro atoms. The second-order valence-electron chi connectivity index (χ2n) is 4.19. The van der Waals surface area contributed by atoms with E-state index < -0.39 is 0 Å². The summed E-state index contributed by atoms with van der Waals surface area (Å²) in [5, 5.41) is 3.83. The molecule has 0 bridgehead atoms. The average molecular weight is 314 g/mol. The minimum absolute atomic E-state index is 0.187. The molecule has 4 nitrogen and oxygen atoms in total. The van der Waals surface area contributed by atoms with Gasteiger partial charge in [0.1, 0.15) is 5.15 Å². The highest BCUT2D eigenvalue weighted by Crippen LogP contribution is 2.30. The first kappa shape index (κ1) is 12.8. The molecule has 0 aromatic carbocycles. The number of rotatable bonds is 2. The fourth-order valence-electron chi connectivity index (χ4n) is 1.96. The van der Waals surface area contributed by atoms with Crippen molar-refractivity contribution in [2.45, 2.75) is 19.3 Å². The van der Waals surface area contributed by atoms with Crippen LogP contribution in [0.1, 0.15) is 27.3 Å². The molecule has 7 heteroatoms. The molecule has 2 aromatic rings. The van der Waals surface area contributed by atoms with Crippen molar-refractivity contribution in [3.8, 4) is 0 Å². The second-order valence-corrected chi connectivity index (χ2v) is 6.04.